The molecule has 0 saturated heterocycles. The van der Waals surface area contributed by atoms with E-state index in [2.05, 4.69) is 45.3 Å². The van der Waals surface area contributed by atoms with Gasteiger partial charge >= 0.3 is 6.03 Å². The first-order chi connectivity index (χ1) is 9.21. The molecule has 1 aromatic rings. The number of carbonyl (C=O) groups is 1. The van der Waals surface area contributed by atoms with Crippen LogP contribution in [0, 0.1) is 5.92 Å². The Morgan fingerprint density at radius 2 is 1.80 bits per heavy atom. The lowest BCUT2D eigenvalue weighted by molar-refractivity contribution is 0.255. The number of amides is 2. The fourth-order valence-corrected chi connectivity index (χ4v) is 1.75. The fourth-order valence-electron chi connectivity index (χ4n) is 1.75. The standard InChI is InChI=1S/C17H26N2O/c1-12(2)13(3)11-18-16(20)19-15-10-8-7-9-14(15)17(4,5)6/h7-12H,1-6H3,(H2,18,19,20)/b13-11+. The van der Waals surface area contributed by atoms with Crippen molar-refractivity contribution in [1.29, 1.82) is 0 Å². The van der Waals surface area contributed by atoms with E-state index in [1.807, 2.05) is 31.2 Å². The quantitative estimate of drug-likeness (QED) is 0.826. The van der Waals surface area contributed by atoms with Crippen LogP contribution in [0.25, 0.3) is 0 Å². The van der Waals surface area contributed by atoms with E-state index < -0.39 is 0 Å². The van der Waals surface area contributed by atoms with Gasteiger partial charge in [-0.05, 0) is 29.9 Å². The molecule has 3 heteroatoms. The summed E-state index contributed by atoms with van der Waals surface area (Å²) in [6, 6.07) is 7.69. The fraction of sp³-hybridized carbons (Fsp3) is 0.471. The van der Waals surface area contributed by atoms with Crippen LogP contribution >= 0.6 is 0 Å². The zero-order valence-electron chi connectivity index (χ0n) is 13.4. The molecular formula is C17H26N2O. The number of para-hydroxylation sites is 1. The normalized spacial score (nSPS) is 12.4. The topological polar surface area (TPSA) is 41.1 Å². The molecule has 0 saturated carbocycles. The number of benzene rings is 1. The average Bonchev–Trinajstić information content (AvgIpc) is 2.35. The minimum atomic E-state index is -0.207. The van der Waals surface area contributed by atoms with Gasteiger partial charge in [0.2, 0.25) is 0 Å². The first-order valence-electron chi connectivity index (χ1n) is 7.05. The van der Waals surface area contributed by atoms with Gasteiger partial charge in [-0.15, -0.1) is 0 Å². The first-order valence-corrected chi connectivity index (χ1v) is 7.05. The zero-order chi connectivity index (χ0) is 15.3. The summed E-state index contributed by atoms with van der Waals surface area (Å²) in [6.45, 7) is 12.6. The van der Waals surface area contributed by atoms with Gasteiger partial charge in [0.1, 0.15) is 0 Å². The SMILES string of the molecule is C/C(=C\NC(=O)Nc1ccccc1C(C)(C)C)C(C)C. The van der Waals surface area contributed by atoms with E-state index >= 15 is 0 Å². The van der Waals surface area contributed by atoms with Crippen LogP contribution in [0.4, 0.5) is 10.5 Å². The lowest BCUT2D eigenvalue weighted by atomic mass is 9.86. The summed E-state index contributed by atoms with van der Waals surface area (Å²) in [5, 5.41) is 5.70. The maximum Gasteiger partial charge on any atom is 0.323 e. The summed E-state index contributed by atoms with van der Waals surface area (Å²) >= 11 is 0. The first kappa shape index (κ1) is 16.3. The third kappa shape index (κ3) is 4.72. The van der Waals surface area contributed by atoms with Crippen molar-refractivity contribution in [1.82, 2.24) is 5.32 Å². The van der Waals surface area contributed by atoms with E-state index in [0.717, 1.165) is 16.8 Å². The summed E-state index contributed by atoms with van der Waals surface area (Å²) in [4.78, 5) is 12.0. The average molecular weight is 274 g/mol. The predicted octanol–water partition coefficient (Wildman–Crippen LogP) is 4.67. The maximum absolute atomic E-state index is 12.0. The van der Waals surface area contributed by atoms with E-state index in [1.165, 1.54) is 0 Å². The predicted molar refractivity (Wildman–Crippen MR) is 85.9 cm³/mol. The van der Waals surface area contributed by atoms with Gasteiger partial charge in [-0.3, -0.25) is 0 Å². The highest BCUT2D eigenvalue weighted by molar-refractivity contribution is 5.91. The highest BCUT2D eigenvalue weighted by Gasteiger charge is 2.18. The molecule has 0 spiro atoms. The molecule has 0 unspecified atom stereocenters. The van der Waals surface area contributed by atoms with E-state index in [4.69, 9.17) is 0 Å². The van der Waals surface area contributed by atoms with Crippen molar-refractivity contribution in [2.45, 2.75) is 47.0 Å². The van der Waals surface area contributed by atoms with Crippen molar-refractivity contribution < 1.29 is 4.79 Å². The number of nitrogens with one attached hydrogen (secondary N) is 2. The maximum atomic E-state index is 12.0. The van der Waals surface area contributed by atoms with E-state index in [1.54, 1.807) is 6.20 Å². The Morgan fingerprint density at radius 1 is 1.20 bits per heavy atom. The van der Waals surface area contributed by atoms with Crippen molar-refractivity contribution in [3.8, 4) is 0 Å². The summed E-state index contributed by atoms with van der Waals surface area (Å²) in [6.07, 6.45) is 1.76. The van der Waals surface area contributed by atoms with Gasteiger partial charge in [-0.1, -0.05) is 58.4 Å². The molecule has 0 radical (unpaired) electrons. The lowest BCUT2D eigenvalue weighted by Crippen LogP contribution is -2.26. The number of carbonyl (C=O) groups excluding carboxylic acids is 1. The minimum absolute atomic E-state index is 0.00639. The number of hydrogen-bond donors (Lipinski definition) is 2. The van der Waals surface area contributed by atoms with Crippen LogP contribution in [0.15, 0.2) is 36.0 Å². The molecular weight excluding hydrogens is 248 g/mol. The summed E-state index contributed by atoms with van der Waals surface area (Å²) in [5.41, 5.74) is 3.12. The van der Waals surface area contributed by atoms with E-state index in [-0.39, 0.29) is 11.4 Å². The Balaban J connectivity index is 2.80. The minimum Gasteiger partial charge on any atom is -0.314 e. The van der Waals surface area contributed by atoms with Gasteiger partial charge in [0, 0.05) is 11.9 Å². The molecule has 0 aliphatic rings. The van der Waals surface area contributed by atoms with Crippen LogP contribution in [0.3, 0.4) is 0 Å². The Kier molecular flexibility index (Phi) is 5.37. The van der Waals surface area contributed by atoms with Crippen LogP contribution in [-0.2, 0) is 5.41 Å². The molecule has 0 atom stereocenters. The smallest absolute Gasteiger partial charge is 0.314 e. The summed E-state index contributed by atoms with van der Waals surface area (Å²) in [7, 11) is 0. The molecule has 110 valence electrons. The second kappa shape index (κ2) is 6.60. The zero-order valence-corrected chi connectivity index (χ0v) is 13.4. The van der Waals surface area contributed by atoms with Gasteiger partial charge in [0.15, 0.2) is 0 Å². The molecule has 0 aromatic heterocycles. The van der Waals surface area contributed by atoms with Crippen molar-refractivity contribution in [2.24, 2.45) is 5.92 Å². The van der Waals surface area contributed by atoms with Crippen molar-refractivity contribution in [2.75, 3.05) is 5.32 Å². The third-order valence-electron chi connectivity index (χ3n) is 3.32. The third-order valence-corrected chi connectivity index (χ3v) is 3.32. The molecule has 20 heavy (non-hydrogen) atoms. The monoisotopic (exact) mass is 274 g/mol. The number of hydrogen-bond acceptors (Lipinski definition) is 1. The van der Waals surface area contributed by atoms with Crippen LogP contribution < -0.4 is 10.6 Å². The molecule has 2 amide bonds. The molecule has 2 N–H and O–H groups in total. The number of rotatable bonds is 3. The molecule has 0 aliphatic carbocycles. The Bertz CT molecular complexity index is 496. The van der Waals surface area contributed by atoms with Gasteiger partial charge in [0.05, 0.1) is 0 Å². The van der Waals surface area contributed by atoms with E-state index in [0.29, 0.717) is 5.92 Å². The molecule has 1 aromatic carbocycles. The van der Waals surface area contributed by atoms with Gasteiger partial charge in [0.25, 0.3) is 0 Å². The van der Waals surface area contributed by atoms with Crippen molar-refractivity contribution >= 4 is 11.7 Å². The highest BCUT2D eigenvalue weighted by atomic mass is 16.2. The van der Waals surface area contributed by atoms with Crippen molar-refractivity contribution in [3.63, 3.8) is 0 Å². The molecule has 0 heterocycles. The Labute approximate surface area is 122 Å². The number of allylic oxidation sites excluding steroid dienone is 1. The second-order valence-electron chi connectivity index (χ2n) is 6.44. The van der Waals surface area contributed by atoms with E-state index in [9.17, 15) is 4.79 Å². The van der Waals surface area contributed by atoms with Gasteiger partial charge in [-0.2, -0.15) is 0 Å². The number of urea groups is 1. The summed E-state index contributed by atoms with van der Waals surface area (Å²) in [5.74, 6) is 0.428. The highest BCUT2D eigenvalue weighted by Crippen LogP contribution is 2.29. The molecule has 3 nitrogen and oxygen atoms in total. The van der Waals surface area contributed by atoms with Crippen LogP contribution in [0.5, 0.6) is 0 Å². The van der Waals surface area contributed by atoms with Crippen molar-refractivity contribution in [3.05, 3.63) is 41.6 Å². The summed E-state index contributed by atoms with van der Waals surface area (Å²) < 4.78 is 0. The van der Waals surface area contributed by atoms with Crippen LogP contribution in [-0.4, -0.2) is 6.03 Å². The molecule has 0 bridgehead atoms. The van der Waals surface area contributed by atoms with Gasteiger partial charge in [-0.25, -0.2) is 4.79 Å². The Hall–Kier alpha value is -1.77. The largest absolute Gasteiger partial charge is 0.323 e. The second-order valence-corrected chi connectivity index (χ2v) is 6.44. The van der Waals surface area contributed by atoms with Crippen LogP contribution in [0.2, 0.25) is 0 Å². The Morgan fingerprint density at radius 3 is 2.35 bits per heavy atom. The number of anilines is 1. The molecule has 0 aliphatic heterocycles. The van der Waals surface area contributed by atoms with Crippen LogP contribution in [0.1, 0.15) is 47.1 Å². The van der Waals surface area contributed by atoms with Gasteiger partial charge < -0.3 is 10.6 Å². The molecule has 1 rings (SSSR count). The molecule has 0 fully saturated rings. The lowest BCUT2D eigenvalue weighted by Gasteiger charge is -2.22.